The van der Waals surface area contributed by atoms with Crippen molar-refractivity contribution in [1.82, 2.24) is 0 Å². The summed E-state index contributed by atoms with van der Waals surface area (Å²) in [6.07, 6.45) is 0.617. The molecule has 110 valence electrons. The van der Waals surface area contributed by atoms with Crippen LogP contribution in [-0.4, -0.2) is 5.17 Å². The summed E-state index contributed by atoms with van der Waals surface area (Å²) < 4.78 is 5.66. The van der Waals surface area contributed by atoms with Crippen LogP contribution in [0, 0.1) is 11.3 Å². The smallest absolute Gasteiger partial charge is 0.261 e. The number of anilines is 1. The van der Waals surface area contributed by atoms with Crippen molar-refractivity contribution >= 4 is 34.7 Å². The first kappa shape index (κ1) is 14.8. The zero-order chi connectivity index (χ0) is 15.7. The van der Waals surface area contributed by atoms with Crippen molar-refractivity contribution < 1.29 is 4.74 Å². The number of ether oxygens (including phenoxy) is 1. The van der Waals surface area contributed by atoms with Gasteiger partial charge >= 0.3 is 0 Å². The molecule has 1 aliphatic heterocycles. The molecule has 0 amide bonds. The molecule has 3 rings (SSSR count). The fourth-order valence-electron chi connectivity index (χ4n) is 2.61. The highest BCUT2D eigenvalue weighted by atomic mass is 35.5. The Kier molecular flexibility index (Phi) is 4.02. The van der Waals surface area contributed by atoms with Gasteiger partial charge in [-0.15, -0.1) is 0 Å². The van der Waals surface area contributed by atoms with Gasteiger partial charge in [0.25, 0.3) is 5.17 Å². The molecule has 1 unspecified atom stereocenters. The normalized spacial score (nSPS) is 16.2. The molecule has 22 heavy (non-hydrogen) atoms. The second-order valence-corrected chi connectivity index (χ2v) is 5.76. The lowest BCUT2D eigenvalue weighted by molar-refractivity contribution is 0.188. The van der Waals surface area contributed by atoms with Crippen molar-refractivity contribution in [1.29, 1.82) is 5.26 Å². The minimum absolute atomic E-state index is 0.157. The lowest BCUT2D eigenvalue weighted by Gasteiger charge is -2.29. The van der Waals surface area contributed by atoms with Gasteiger partial charge in [-0.3, -0.25) is 0 Å². The van der Waals surface area contributed by atoms with Crippen LogP contribution >= 0.6 is 23.8 Å². The highest BCUT2D eigenvalue weighted by Crippen LogP contribution is 2.42. The van der Waals surface area contributed by atoms with Gasteiger partial charge in [-0.1, -0.05) is 36.7 Å². The second kappa shape index (κ2) is 5.96. The fourth-order valence-corrected chi connectivity index (χ4v) is 3.23. The van der Waals surface area contributed by atoms with Crippen LogP contribution in [0.1, 0.15) is 30.6 Å². The van der Waals surface area contributed by atoms with Crippen LogP contribution in [-0.2, 0) is 4.74 Å². The topological polar surface area (TPSA) is 45.0 Å². The summed E-state index contributed by atoms with van der Waals surface area (Å²) in [5.74, 6) is 0. The number of hydrogen-bond donors (Lipinski definition) is 1. The van der Waals surface area contributed by atoms with Crippen molar-refractivity contribution in [3.05, 3.63) is 52.5 Å². The van der Waals surface area contributed by atoms with Crippen molar-refractivity contribution in [2.75, 3.05) is 5.32 Å². The third-order valence-electron chi connectivity index (χ3n) is 3.66. The van der Waals surface area contributed by atoms with Gasteiger partial charge in [-0.05, 0) is 42.4 Å². The third-order valence-corrected chi connectivity index (χ3v) is 4.27. The van der Waals surface area contributed by atoms with E-state index in [0.717, 1.165) is 28.8 Å². The van der Waals surface area contributed by atoms with E-state index in [4.69, 9.17) is 33.8 Å². The number of nitrogens with zero attached hydrogens (tertiary/aromatic N) is 1. The molecule has 2 aromatic carbocycles. The number of rotatable bonds is 2. The number of halogens is 1. The van der Waals surface area contributed by atoms with E-state index in [9.17, 15) is 0 Å². The Morgan fingerprint density at radius 2 is 2.18 bits per heavy atom. The average molecular weight is 329 g/mol. The predicted molar refractivity (Wildman–Crippen MR) is 91.9 cm³/mol. The number of thiocarbonyl (C=S) groups is 1. The van der Waals surface area contributed by atoms with Crippen molar-refractivity contribution in [3.63, 3.8) is 0 Å². The van der Waals surface area contributed by atoms with E-state index in [-0.39, 0.29) is 6.10 Å². The van der Waals surface area contributed by atoms with Crippen molar-refractivity contribution in [2.24, 2.45) is 0 Å². The summed E-state index contributed by atoms with van der Waals surface area (Å²) in [6, 6.07) is 13.4. The maximum Gasteiger partial charge on any atom is 0.261 e. The zero-order valence-electron chi connectivity index (χ0n) is 11.9. The summed E-state index contributed by atoms with van der Waals surface area (Å²) in [5.41, 5.74) is 4.20. The summed E-state index contributed by atoms with van der Waals surface area (Å²) >= 11 is 11.7. The van der Waals surface area contributed by atoms with Crippen LogP contribution in [0.15, 0.2) is 36.4 Å². The largest absolute Gasteiger partial charge is 0.462 e. The molecule has 1 heterocycles. The molecular weight excluding hydrogens is 316 g/mol. The van der Waals surface area contributed by atoms with E-state index in [0.29, 0.717) is 15.8 Å². The van der Waals surface area contributed by atoms with E-state index in [1.165, 1.54) is 0 Å². The Labute approximate surface area is 139 Å². The average Bonchev–Trinajstić information content (AvgIpc) is 2.54. The molecule has 0 saturated heterocycles. The highest BCUT2D eigenvalue weighted by molar-refractivity contribution is 7.80. The lowest BCUT2D eigenvalue weighted by Crippen LogP contribution is -2.24. The minimum atomic E-state index is -0.157. The number of fused-ring (bicyclic) bond motifs is 1. The van der Waals surface area contributed by atoms with E-state index >= 15 is 0 Å². The van der Waals surface area contributed by atoms with Gasteiger partial charge in [-0.2, -0.15) is 5.26 Å². The molecule has 0 fully saturated rings. The van der Waals surface area contributed by atoms with Crippen LogP contribution in [0.2, 0.25) is 5.02 Å². The van der Waals surface area contributed by atoms with E-state index in [1.807, 2.05) is 37.3 Å². The molecule has 0 aromatic heterocycles. The Morgan fingerprint density at radius 1 is 1.36 bits per heavy atom. The monoisotopic (exact) mass is 328 g/mol. The fraction of sp³-hybridized carbons (Fsp3) is 0.176. The molecule has 0 radical (unpaired) electrons. The van der Waals surface area contributed by atoms with Gasteiger partial charge in [0.15, 0.2) is 0 Å². The molecule has 2 aromatic rings. The van der Waals surface area contributed by atoms with Gasteiger partial charge < -0.3 is 10.1 Å². The molecule has 1 N–H and O–H groups in total. The number of hydrogen-bond acceptors (Lipinski definition) is 3. The molecule has 0 bridgehead atoms. The number of benzene rings is 2. The van der Waals surface area contributed by atoms with Gasteiger partial charge in [0, 0.05) is 11.1 Å². The Hall–Kier alpha value is -2.09. The maximum absolute atomic E-state index is 9.05. The van der Waals surface area contributed by atoms with Crippen molar-refractivity contribution in [2.45, 2.75) is 19.4 Å². The highest BCUT2D eigenvalue weighted by Gasteiger charge is 2.27. The van der Waals surface area contributed by atoms with Gasteiger partial charge in [-0.25, -0.2) is 0 Å². The SMILES string of the molecule is CCC1OC(=S)Nc2ccc(-c3cccc(C#N)c3)c(Cl)c21. The Morgan fingerprint density at radius 3 is 2.91 bits per heavy atom. The lowest BCUT2D eigenvalue weighted by atomic mass is 9.96. The first-order valence-corrected chi connectivity index (χ1v) is 7.73. The standard InChI is InChI=1S/C17H13ClN2OS/c1-2-14-15-13(20-17(22)21-14)7-6-12(16(15)18)11-5-3-4-10(8-11)9-19/h3-8,14H,2H2,1H3,(H,20,22). The third kappa shape index (κ3) is 2.54. The molecule has 3 nitrogen and oxygen atoms in total. The van der Waals surface area contributed by atoms with Gasteiger partial charge in [0.1, 0.15) is 6.10 Å². The molecule has 1 atom stereocenters. The molecular formula is C17H13ClN2OS. The number of nitrogens with one attached hydrogen (secondary N) is 1. The zero-order valence-corrected chi connectivity index (χ0v) is 13.5. The maximum atomic E-state index is 9.05. The van der Waals surface area contributed by atoms with Crippen LogP contribution in [0.4, 0.5) is 5.69 Å². The summed E-state index contributed by atoms with van der Waals surface area (Å²) in [6.45, 7) is 2.03. The molecule has 0 spiro atoms. The van der Waals surface area contributed by atoms with E-state index < -0.39 is 0 Å². The van der Waals surface area contributed by atoms with Crippen LogP contribution < -0.4 is 5.32 Å². The Bertz CT molecular complexity index is 798. The van der Waals surface area contributed by atoms with E-state index in [2.05, 4.69) is 11.4 Å². The predicted octanol–water partition coefficient (Wildman–Crippen LogP) is 5.06. The molecule has 0 aliphatic carbocycles. The van der Waals surface area contributed by atoms with E-state index in [1.54, 1.807) is 6.07 Å². The molecule has 5 heteroatoms. The first-order chi connectivity index (χ1) is 10.6. The van der Waals surface area contributed by atoms with Crippen LogP contribution in [0.5, 0.6) is 0 Å². The summed E-state index contributed by atoms with van der Waals surface area (Å²) in [7, 11) is 0. The first-order valence-electron chi connectivity index (χ1n) is 6.94. The summed E-state index contributed by atoms with van der Waals surface area (Å²) in [5, 5.41) is 13.1. The number of nitriles is 1. The minimum Gasteiger partial charge on any atom is -0.462 e. The van der Waals surface area contributed by atoms with Gasteiger partial charge in [0.05, 0.1) is 22.3 Å². The van der Waals surface area contributed by atoms with Crippen LogP contribution in [0.3, 0.4) is 0 Å². The summed E-state index contributed by atoms with van der Waals surface area (Å²) in [4.78, 5) is 0. The van der Waals surface area contributed by atoms with Crippen molar-refractivity contribution in [3.8, 4) is 17.2 Å². The molecule has 0 saturated carbocycles. The molecule has 1 aliphatic rings. The second-order valence-electron chi connectivity index (χ2n) is 5.01. The quantitative estimate of drug-likeness (QED) is 0.783. The van der Waals surface area contributed by atoms with Gasteiger partial charge in [0.2, 0.25) is 0 Å². The van der Waals surface area contributed by atoms with Crippen LogP contribution in [0.25, 0.3) is 11.1 Å². The Balaban J connectivity index is 2.16.